The summed E-state index contributed by atoms with van der Waals surface area (Å²) < 4.78 is 12.4. The molecule has 0 aromatic heterocycles. The topological polar surface area (TPSA) is 79.2 Å². The van der Waals surface area contributed by atoms with Crippen LogP contribution in [0.25, 0.3) is 0 Å². The maximum Gasteiger partial charge on any atom is 0.310 e. The number of carbonyl (C=O) groups is 1. The summed E-state index contributed by atoms with van der Waals surface area (Å²) in [6.07, 6.45) is 23.1. The summed E-state index contributed by atoms with van der Waals surface area (Å²) in [6, 6.07) is 3.39. The van der Waals surface area contributed by atoms with Crippen LogP contribution in [0.15, 0.2) is 36.1 Å². The lowest BCUT2D eigenvalue weighted by Gasteiger charge is -2.58. The fourth-order valence-corrected chi connectivity index (χ4v) is 7.53. The van der Waals surface area contributed by atoms with E-state index < -0.39 is 17.1 Å². The molecule has 0 amide bonds. The zero-order valence-corrected chi connectivity index (χ0v) is 26.6. The minimum absolute atomic E-state index is 0.0623. The Bertz CT molecular complexity index is 1110. The van der Waals surface area contributed by atoms with Gasteiger partial charge in [0.25, 0.3) is 0 Å². The van der Waals surface area contributed by atoms with E-state index in [0.29, 0.717) is 30.8 Å². The fourth-order valence-electron chi connectivity index (χ4n) is 7.53. The molecule has 1 aromatic carbocycles. The van der Waals surface area contributed by atoms with Crippen molar-refractivity contribution in [2.75, 3.05) is 13.6 Å². The number of hydrogen-bond acceptors (Lipinski definition) is 6. The number of aryl methyl sites for hydroxylation is 1. The van der Waals surface area contributed by atoms with E-state index in [2.05, 4.69) is 24.0 Å². The van der Waals surface area contributed by atoms with Crippen molar-refractivity contribution in [2.24, 2.45) is 0 Å². The molecule has 0 unspecified atom stereocenters. The number of unbranched alkanes of at least 4 members (excludes halogenated alkanes) is 11. The summed E-state index contributed by atoms with van der Waals surface area (Å²) in [5.74, 6) is 0.702. The number of likely N-dealkylation sites (N-methyl/N-ethyl adjacent to an activating group) is 1. The zero-order valence-electron chi connectivity index (χ0n) is 26.6. The van der Waals surface area contributed by atoms with Crippen LogP contribution in [0.2, 0.25) is 0 Å². The molecule has 234 valence electrons. The van der Waals surface area contributed by atoms with Crippen LogP contribution in [0.3, 0.4) is 0 Å². The van der Waals surface area contributed by atoms with Crippen molar-refractivity contribution < 1.29 is 24.5 Å². The van der Waals surface area contributed by atoms with Crippen LogP contribution in [0.5, 0.6) is 11.5 Å². The molecule has 0 saturated carbocycles. The number of benzene rings is 1. The quantitative estimate of drug-likeness (QED) is 0.117. The number of phenolic OH excluding ortho intramolecular Hbond substituents is 1. The first-order chi connectivity index (χ1) is 20.3. The van der Waals surface area contributed by atoms with Crippen LogP contribution >= 0.6 is 0 Å². The van der Waals surface area contributed by atoms with E-state index in [1.807, 2.05) is 33.0 Å². The number of aliphatic hydroxyl groups is 1. The van der Waals surface area contributed by atoms with Crippen LogP contribution in [-0.4, -0.2) is 52.4 Å². The van der Waals surface area contributed by atoms with Gasteiger partial charge in [-0.1, -0.05) is 76.5 Å². The lowest BCUT2D eigenvalue weighted by molar-refractivity contribution is -0.162. The third-order valence-electron chi connectivity index (χ3n) is 10.2. The van der Waals surface area contributed by atoms with E-state index in [0.717, 1.165) is 43.4 Å². The summed E-state index contributed by atoms with van der Waals surface area (Å²) >= 11 is 0. The van der Waals surface area contributed by atoms with Gasteiger partial charge in [0, 0.05) is 24.4 Å². The second kappa shape index (κ2) is 14.9. The molecule has 1 aromatic rings. The number of allylic oxidation sites excluding steroid dienone is 2. The Morgan fingerprint density at radius 1 is 1.05 bits per heavy atom. The average Bonchev–Trinajstić information content (AvgIpc) is 3.34. The highest BCUT2D eigenvalue weighted by Gasteiger charge is 2.69. The highest BCUT2D eigenvalue weighted by atomic mass is 16.6. The van der Waals surface area contributed by atoms with Crippen LogP contribution < -0.4 is 4.74 Å². The van der Waals surface area contributed by atoms with E-state index in [9.17, 15) is 15.0 Å². The van der Waals surface area contributed by atoms with Gasteiger partial charge in [0.1, 0.15) is 5.76 Å². The number of esters is 1. The number of phenols is 1. The molecule has 42 heavy (non-hydrogen) atoms. The third kappa shape index (κ3) is 6.75. The maximum atomic E-state index is 12.9. The highest BCUT2D eigenvalue weighted by Crippen LogP contribution is 2.62. The minimum Gasteiger partial charge on any atom is -0.504 e. The molecule has 4 rings (SSSR count). The van der Waals surface area contributed by atoms with E-state index in [1.165, 1.54) is 57.8 Å². The highest BCUT2D eigenvalue weighted by molar-refractivity contribution is 5.71. The van der Waals surface area contributed by atoms with E-state index >= 15 is 0 Å². The van der Waals surface area contributed by atoms with Crippen molar-refractivity contribution in [1.29, 1.82) is 0 Å². The summed E-state index contributed by atoms with van der Waals surface area (Å²) in [7, 11) is 2.03. The Morgan fingerprint density at radius 2 is 1.69 bits per heavy atom. The van der Waals surface area contributed by atoms with E-state index in [1.54, 1.807) is 6.07 Å². The molecule has 1 aliphatic carbocycles. The Hall–Kier alpha value is -2.31. The molecule has 1 saturated heterocycles. The van der Waals surface area contributed by atoms with E-state index in [4.69, 9.17) is 9.47 Å². The van der Waals surface area contributed by atoms with Crippen LogP contribution in [0, 0.1) is 6.92 Å². The Balaban J connectivity index is 1.23. The van der Waals surface area contributed by atoms with Crippen LogP contribution in [-0.2, 0) is 14.9 Å². The number of likely N-dealkylation sites (tertiary alicyclic amines) is 1. The normalized spacial score (nSPS) is 26.8. The molecule has 2 heterocycles. The molecular formula is C36H55NO5. The first kappa shape index (κ1) is 32.6. The summed E-state index contributed by atoms with van der Waals surface area (Å²) in [6.45, 7) is 7.08. The predicted octanol–water partition coefficient (Wildman–Crippen LogP) is 8.02. The molecule has 2 N–H and O–H groups in total. The number of carbonyl (C=O) groups excluding carboxylic acids is 1. The number of aromatic hydroxyl groups is 1. The van der Waals surface area contributed by atoms with Gasteiger partial charge in [-0.15, -0.1) is 0 Å². The molecule has 0 bridgehead atoms. The fraction of sp³-hybridized carbons (Fsp3) is 0.694. The zero-order chi connectivity index (χ0) is 30.2. The van der Waals surface area contributed by atoms with Gasteiger partial charge in [-0.05, 0) is 83.7 Å². The van der Waals surface area contributed by atoms with Crippen molar-refractivity contribution in [2.45, 2.75) is 147 Å². The molecule has 0 radical (unpaired) electrons. The van der Waals surface area contributed by atoms with Crippen molar-refractivity contribution >= 4 is 5.97 Å². The van der Waals surface area contributed by atoms with Gasteiger partial charge < -0.3 is 24.6 Å². The molecule has 3 aliphatic rings. The van der Waals surface area contributed by atoms with Gasteiger partial charge in [0.2, 0.25) is 0 Å². The van der Waals surface area contributed by atoms with E-state index in [-0.39, 0.29) is 17.8 Å². The average molecular weight is 582 g/mol. The Labute approximate surface area is 254 Å². The van der Waals surface area contributed by atoms with Gasteiger partial charge in [0.05, 0.1) is 11.0 Å². The minimum atomic E-state index is -1.12. The largest absolute Gasteiger partial charge is 0.504 e. The number of piperidine rings is 1. The third-order valence-corrected chi connectivity index (χ3v) is 10.2. The summed E-state index contributed by atoms with van der Waals surface area (Å²) in [4.78, 5) is 15.1. The molecule has 1 spiro atoms. The first-order valence-corrected chi connectivity index (χ1v) is 16.7. The molecule has 4 atom stereocenters. The predicted molar refractivity (Wildman–Crippen MR) is 169 cm³/mol. The van der Waals surface area contributed by atoms with Crippen LogP contribution in [0.1, 0.15) is 128 Å². The lowest BCUT2D eigenvalue weighted by Crippen LogP contribution is -2.71. The standard InChI is InChI=1S/C36H55NO5/c1-5-6-7-8-9-10-11-12-13-14-15-16-17-18-19-20-31(39)41-30-23-24-36(40)28(3)37(4)26-25-35(36)32-27(2)21-22-29(38)33(32)42-34(30)35/h12-13,21-23,28,34,38,40H,5-11,14-20,24-26H2,1-4H3/b13-12-/t28-,34+,35+,36-/m1/s1. The van der Waals surface area contributed by atoms with Crippen LogP contribution in [0.4, 0.5) is 0 Å². The Kier molecular flexibility index (Phi) is 11.6. The number of nitrogens with zero attached hydrogens (tertiary/aromatic N) is 1. The van der Waals surface area contributed by atoms with Crippen molar-refractivity contribution in [3.63, 3.8) is 0 Å². The molecule has 6 heteroatoms. The number of fused-ring (bicyclic) bond motifs is 1. The Morgan fingerprint density at radius 3 is 2.38 bits per heavy atom. The van der Waals surface area contributed by atoms with Gasteiger partial charge in [-0.3, -0.25) is 4.79 Å². The SMILES string of the molecule is CCCCCCCC/C=C\CCCCCCCC(=O)OC1=CC[C@@]2(O)[C@@H](C)N(C)CC[C@@]23c2c(C)ccc(O)c2O[C@@H]13. The first-order valence-electron chi connectivity index (χ1n) is 16.7. The number of ether oxygens (including phenoxy) is 2. The lowest BCUT2D eigenvalue weighted by atomic mass is 9.54. The van der Waals surface area contributed by atoms with Crippen molar-refractivity contribution in [3.8, 4) is 11.5 Å². The summed E-state index contributed by atoms with van der Waals surface area (Å²) in [5.41, 5.74) is -0.0755. The number of rotatable bonds is 16. The second-order valence-corrected chi connectivity index (χ2v) is 13.0. The molecule has 1 fully saturated rings. The second-order valence-electron chi connectivity index (χ2n) is 13.0. The number of hydrogen-bond donors (Lipinski definition) is 2. The van der Waals surface area contributed by atoms with Gasteiger partial charge in [0.15, 0.2) is 17.6 Å². The smallest absolute Gasteiger partial charge is 0.310 e. The maximum absolute atomic E-state index is 12.9. The summed E-state index contributed by atoms with van der Waals surface area (Å²) in [5, 5.41) is 23.0. The molecular weight excluding hydrogens is 526 g/mol. The molecule has 2 aliphatic heterocycles. The van der Waals surface area contributed by atoms with Crippen molar-refractivity contribution in [1.82, 2.24) is 4.90 Å². The van der Waals surface area contributed by atoms with Crippen molar-refractivity contribution in [3.05, 3.63) is 47.2 Å². The van der Waals surface area contributed by atoms with Gasteiger partial charge in [-0.25, -0.2) is 0 Å². The van der Waals surface area contributed by atoms with Gasteiger partial charge >= 0.3 is 5.97 Å². The molecule has 6 nitrogen and oxygen atoms in total. The van der Waals surface area contributed by atoms with Gasteiger partial charge in [-0.2, -0.15) is 0 Å². The monoisotopic (exact) mass is 581 g/mol.